The van der Waals surface area contributed by atoms with Crippen molar-refractivity contribution in [2.75, 3.05) is 5.73 Å². The van der Waals surface area contributed by atoms with Crippen LogP contribution in [0, 0.1) is 0 Å². The molecule has 0 unspecified atom stereocenters. The van der Waals surface area contributed by atoms with Crippen LogP contribution in [-0.4, -0.2) is 4.98 Å². The van der Waals surface area contributed by atoms with Crippen LogP contribution in [0.3, 0.4) is 0 Å². The van der Waals surface area contributed by atoms with E-state index >= 15 is 0 Å². The van der Waals surface area contributed by atoms with Crippen LogP contribution >= 0.6 is 15.9 Å². The van der Waals surface area contributed by atoms with E-state index in [0.717, 1.165) is 33.6 Å². The second kappa shape index (κ2) is 6.38. The summed E-state index contributed by atoms with van der Waals surface area (Å²) >= 11 is 3.35. The predicted molar refractivity (Wildman–Crippen MR) is 81.0 cm³/mol. The quantitative estimate of drug-likeness (QED) is 0.675. The number of allylic oxidation sites excluding steroid dienone is 1. The van der Waals surface area contributed by atoms with Gasteiger partial charge in [0.05, 0.1) is 5.69 Å². The zero-order valence-electron chi connectivity index (χ0n) is 10.5. The lowest BCUT2D eigenvalue weighted by molar-refractivity contribution is 0.298. The third kappa shape index (κ3) is 3.83. The van der Waals surface area contributed by atoms with Crippen LogP contribution in [0.4, 0.5) is 5.69 Å². The van der Waals surface area contributed by atoms with Gasteiger partial charge in [-0.2, -0.15) is 0 Å². The fraction of sp³-hybridized carbons (Fsp3) is 0.133. The fourth-order valence-corrected chi connectivity index (χ4v) is 1.93. The van der Waals surface area contributed by atoms with Gasteiger partial charge in [0, 0.05) is 16.4 Å². The topological polar surface area (TPSA) is 48.1 Å². The van der Waals surface area contributed by atoms with Crippen molar-refractivity contribution in [3.63, 3.8) is 0 Å². The molecule has 2 rings (SSSR count). The number of benzene rings is 1. The van der Waals surface area contributed by atoms with E-state index < -0.39 is 0 Å². The van der Waals surface area contributed by atoms with Gasteiger partial charge in [0.1, 0.15) is 12.4 Å². The Morgan fingerprint density at radius 3 is 2.84 bits per heavy atom. The number of halogens is 1. The summed E-state index contributed by atoms with van der Waals surface area (Å²) < 4.78 is 6.74. The first-order chi connectivity index (χ1) is 9.19. The van der Waals surface area contributed by atoms with Gasteiger partial charge in [-0.05, 0) is 58.2 Å². The highest BCUT2D eigenvalue weighted by Gasteiger charge is 2.04. The highest BCUT2D eigenvalue weighted by molar-refractivity contribution is 9.10. The highest BCUT2D eigenvalue weighted by atomic mass is 79.9. The monoisotopic (exact) mass is 318 g/mol. The lowest BCUT2D eigenvalue weighted by atomic mass is 10.1. The lowest BCUT2D eigenvalue weighted by Crippen LogP contribution is -2.01. The summed E-state index contributed by atoms with van der Waals surface area (Å²) in [6.45, 7) is 4.17. The van der Waals surface area contributed by atoms with Crippen molar-refractivity contribution in [2.45, 2.75) is 13.0 Å². The van der Waals surface area contributed by atoms with E-state index in [0.29, 0.717) is 6.61 Å². The van der Waals surface area contributed by atoms with Gasteiger partial charge < -0.3 is 10.5 Å². The minimum absolute atomic E-state index is 0.432. The van der Waals surface area contributed by atoms with Gasteiger partial charge in [-0.15, -0.1) is 6.58 Å². The Morgan fingerprint density at radius 1 is 1.32 bits per heavy atom. The summed E-state index contributed by atoms with van der Waals surface area (Å²) in [4.78, 5) is 4.27. The van der Waals surface area contributed by atoms with Crippen LogP contribution < -0.4 is 10.5 Å². The maximum Gasteiger partial charge on any atom is 0.130 e. The molecule has 0 amide bonds. The number of rotatable bonds is 5. The van der Waals surface area contributed by atoms with E-state index in [2.05, 4.69) is 27.5 Å². The Labute approximate surface area is 121 Å². The molecule has 0 spiro atoms. The van der Waals surface area contributed by atoms with Crippen molar-refractivity contribution >= 4 is 21.6 Å². The number of pyridine rings is 1. The van der Waals surface area contributed by atoms with E-state index in [-0.39, 0.29) is 0 Å². The van der Waals surface area contributed by atoms with E-state index in [4.69, 9.17) is 10.5 Å². The summed E-state index contributed by atoms with van der Waals surface area (Å²) in [6.07, 6.45) is 4.32. The molecule has 1 aromatic heterocycles. The van der Waals surface area contributed by atoms with Gasteiger partial charge >= 0.3 is 0 Å². The van der Waals surface area contributed by atoms with Crippen molar-refractivity contribution in [3.05, 3.63) is 64.9 Å². The van der Waals surface area contributed by atoms with Crippen LogP contribution in [0.25, 0.3) is 0 Å². The molecule has 0 aliphatic heterocycles. The molecular formula is C15H15BrN2O. The first kappa shape index (κ1) is 13.6. The van der Waals surface area contributed by atoms with Gasteiger partial charge in [-0.25, -0.2) is 0 Å². The molecule has 0 radical (unpaired) electrons. The molecule has 0 aliphatic rings. The molecule has 1 aromatic carbocycles. The molecule has 0 bridgehead atoms. The Hall–Kier alpha value is -1.81. The molecule has 0 aliphatic carbocycles. The van der Waals surface area contributed by atoms with E-state index in [1.807, 2.05) is 36.4 Å². The summed E-state index contributed by atoms with van der Waals surface area (Å²) in [6, 6.07) is 9.49. The second-order valence-electron chi connectivity index (χ2n) is 4.12. The molecule has 0 saturated carbocycles. The summed E-state index contributed by atoms with van der Waals surface area (Å²) in [7, 11) is 0. The number of hydrogen-bond donors (Lipinski definition) is 1. The number of aromatic nitrogens is 1. The van der Waals surface area contributed by atoms with Gasteiger partial charge in [-0.3, -0.25) is 4.98 Å². The van der Waals surface area contributed by atoms with Crippen molar-refractivity contribution in [2.24, 2.45) is 0 Å². The van der Waals surface area contributed by atoms with Crippen LogP contribution in [0.15, 0.2) is 53.7 Å². The molecule has 0 saturated heterocycles. The number of nitrogens with zero attached hydrogens (tertiary/aromatic N) is 1. The van der Waals surface area contributed by atoms with Gasteiger partial charge in [0.2, 0.25) is 0 Å². The van der Waals surface area contributed by atoms with E-state index in [1.54, 1.807) is 6.20 Å². The molecule has 2 aromatic rings. The normalized spacial score (nSPS) is 10.2. The SMILES string of the molecule is C=CCc1cc(N)ccc1OCc1ccc(Br)cn1. The number of hydrogen-bond acceptors (Lipinski definition) is 3. The smallest absolute Gasteiger partial charge is 0.130 e. The maximum atomic E-state index is 5.79. The number of nitrogens with two attached hydrogens (primary N) is 1. The molecule has 1 heterocycles. The zero-order valence-corrected chi connectivity index (χ0v) is 12.1. The third-order valence-corrected chi connectivity index (χ3v) is 3.08. The number of anilines is 1. The molecule has 3 nitrogen and oxygen atoms in total. The van der Waals surface area contributed by atoms with Crippen LogP contribution in [-0.2, 0) is 13.0 Å². The maximum absolute atomic E-state index is 5.79. The largest absolute Gasteiger partial charge is 0.487 e. The Balaban J connectivity index is 2.10. The summed E-state index contributed by atoms with van der Waals surface area (Å²) in [5.74, 6) is 0.818. The van der Waals surface area contributed by atoms with Crippen molar-refractivity contribution < 1.29 is 4.74 Å². The summed E-state index contributed by atoms with van der Waals surface area (Å²) in [5, 5.41) is 0. The van der Waals surface area contributed by atoms with Crippen molar-refractivity contribution in [1.82, 2.24) is 4.98 Å². The standard InChI is InChI=1S/C15H15BrN2O/c1-2-3-11-8-13(17)5-7-15(11)19-10-14-6-4-12(16)9-18-14/h2,4-9H,1,3,10,17H2. The molecular weight excluding hydrogens is 304 g/mol. The minimum atomic E-state index is 0.432. The van der Waals surface area contributed by atoms with Gasteiger partial charge in [-0.1, -0.05) is 6.08 Å². The minimum Gasteiger partial charge on any atom is -0.487 e. The molecule has 2 N–H and O–H groups in total. The predicted octanol–water partition coefficient (Wildman–Crippen LogP) is 3.73. The lowest BCUT2D eigenvalue weighted by Gasteiger charge is -2.11. The Morgan fingerprint density at radius 2 is 2.16 bits per heavy atom. The number of nitrogen functional groups attached to an aromatic ring is 1. The summed E-state index contributed by atoms with van der Waals surface area (Å²) in [5.41, 5.74) is 8.42. The van der Waals surface area contributed by atoms with E-state index in [1.165, 1.54) is 0 Å². The number of ether oxygens (including phenoxy) is 1. The average molecular weight is 319 g/mol. The van der Waals surface area contributed by atoms with Gasteiger partial charge in [0.25, 0.3) is 0 Å². The average Bonchev–Trinajstić information content (AvgIpc) is 2.40. The Kier molecular flexibility index (Phi) is 4.58. The second-order valence-corrected chi connectivity index (χ2v) is 5.03. The van der Waals surface area contributed by atoms with Crippen LogP contribution in [0.5, 0.6) is 5.75 Å². The molecule has 0 atom stereocenters. The first-order valence-electron chi connectivity index (χ1n) is 5.91. The first-order valence-corrected chi connectivity index (χ1v) is 6.71. The fourth-order valence-electron chi connectivity index (χ4n) is 1.70. The molecule has 19 heavy (non-hydrogen) atoms. The van der Waals surface area contributed by atoms with Crippen LogP contribution in [0.2, 0.25) is 0 Å². The highest BCUT2D eigenvalue weighted by Crippen LogP contribution is 2.23. The molecule has 0 fully saturated rings. The molecule has 4 heteroatoms. The van der Waals surface area contributed by atoms with Gasteiger partial charge in [0.15, 0.2) is 0 Å². The zero-order chi connectivity index (χ0) is 13.7. The van der Waals surface area contributed by atoms with E-state index in [9.17, 15) is 0 Å². The van der Waals surface area contributed by atoms with Crippen molar-refractivity contribution in [1.29, 1.82) is 0 Å². The van der Waals surface area contributed by atoms with Crippen LogP contribution in [0.1, 0.15) is 11.3 Å². The Bertz CT molecular complexity index is 567. The van der Waals surface area contributed by atoms with Crippen molar-refractivity contribution in [3.8, 4) is 5.75 Å². The molecule has 98 valence electrons. The third-order valence-electron chi connectivity index (χ3n) is 2.61.